The Balaban J connectivity index is 1.78. The third-order valence-electron chi connectivity index (χ3n) is 4.27. The van der Waals surface area contributed by atoms with Crippen LogP contribution in [-0.2, 0) is 18.3 Å². The number of aryl methyl sites for hydroxylation is 1. The first kappa shape index (κ1) is 19.0. The smallest absolute Gasteiger partial charge is 0.270 e. The second-order valence-corrected chi connectivity index (χ2v) is 6.29. The molecule has 1 aromatic heterocycles. The minimum atomic E-state index is -0.542. The van der Waals surface area contributed by atoms with Crippen molar-refractivity contribution in [2.45, 2.75) is 13.3 Å². The number of imidazole rings is 1. The van der Waals surface area contributed by atoms with Gasteiger partial charge in [0, 0.05) is 50.3 Å². The number of carbonyl (C=O) groups excluding carboxylic acids is 2. The predicted octanol–water partition coefficient (Wildman–Crippen LogP) is 2.41. The van der Waals surface area contributed by atoms with E-state index in [0.717, 1.165) is 11.3 Å². The minimum Gasteiger partial charge on any atom is -0.356 e. The van der Waals surface area contributed by atoms with Gasteiger partial charge in [-0.1, -0.05) is 6.07 Å². The maximum atomic E-state index is 12.4. The van der Waals surface area contributed by atoms with E-state index in [1.165, 1.54) is 31.2 Å². The van der Waals surface area contributed by atoms with Gasteiger partial charge < -0.3 is 15.2 Å². The quantitative estimate of drug-likeness (QED) is 0.502. The van der Waals surface area contributed by atoms with Gasteiger partial charge in [-0.3, -0.25) is 19.7 Å². The van der Waals surface area contributed by atoms with Crippen LogP contribution in [-0.4, -0.2) is 32.8 Å². The lowest BCUT2D eigenvalue weighted by molar-refractivity contribution is -0.384. The number of nitro groups is 1. The third-order valence-corrected chi connectivity index (χ3v) is 4.27. The van der Waals surface area contributed by atoms with Crippen LogP contribution in [0, 0.1) is 10.1 Å². The summed E-state index contributed by atoms with van der Waals surface area (Å²) in [7, 11) is 1.89. The molecule has 0 saturated heterocycles. The van der Waals surface area contributed by atoms with E-state index in [-0.39, 0.29) is 17.2 Å². The molecule has 0 saturated carbocycles. The highest BCUT2D eigenvalue weighted by atomic mass is 16.6. The zero-order valence-corrected chi connectivity index (χ0v) is 15.4. The first-order valence-electron chi connectivity index (χ1n) is 8.61. The lowest BCUT2D eigenvalue weighted by atomic mass is 10.2. The van der Waals surface area contributed by atoms with E-state index in [2.05, 4.69) is 15.6 Å². The molecule has 28 heavy (non-hydrogen) atoms. The number of hydrogen-bond acceptors (Lipinski definition) is 5. The van der Waals surface area contributed by atoms with Gasteiger partial charge in [0.2, 0.25) is 5.91 Å². The largest absolute Gasteiger partial charge is 0.356 e. The van der Waals surface area contributed by atoms with Crippen LogP contribution < -0.4 is 10.6 Å². The number of nitrogens with zero attached hydrogens (tertiary/aromatic N) is 3. The van der Waals surface area contributed by atoms with Crippen molar-refractivity contribution in [1.29, 1.82) is 0 Å². The topological polar surface area (TPSA) is 119 Å². The van der Waals surface area contributed by atoms with Crippen molar-refractivity contribution < 1.29 is 14.5 Å². The predicted molar refractivity (Wildman–Crippen MR) is 104 cm³/mol. The van der Waals surface area contributed by atoms with Crippen molar-refractivity contribution in [2.75, 3.05) is 11.9 Å². The van der Waals surface area contributed by atoms with Crippen molar-refractivity contribution in [3.63, 3.8) is 0 Å². The highest BCUT2D eigenvalue weighted by Gasteiger charge is 2.13. The van der Waals surface area contributed by atoms with Crippen molar-refractivity contribution in [3.05, 3.63) is 64.0 Å². The number of non-ortho nitro benzene ring substituents is 1. The molecule has 2 aromatic carbocycles. The second-order valence-electron chi connectivity index (χ2n) is 6.29. The zero-order valence-electron chi connectivity index (χ0n) is 15.4. The van der Waals surface area contributed by atoms with E-state index in [1.807, 2.05) is 17.7 Å². The summed E-state index contributed by atoms with van der Waals surface area (Å²) in [5, 5.41) is 16.3. The molecule has 9 heteroatoms. The van der Waals surface area contributed by atoms with E-state index in [9.17, 15) is 19.7 Å². The van der Waals surface area contributed by atoms with E-state index < -0.39 is 10.8 Å². The maximum absolute atomic E-state index is 12.4. The molecular formula is C19H19N5O4. The van der Waals surface area contributed by atoms with Crippen LogP contribution in [0.4, 0.5) is 11.4 Å². The molecule has 144 valence electrons. The fourth-order valence-electron chi connectivity index (χ4n) is 2.87. The van der Waals surface area contributed by atoms with Gasteiger partial charge in [0.1, 0.15) is 5.82 Å². The first-order valence-corrected chi connectivity index (χ1v) is 8.61. The number of amides is 2. The molecule has 0 unspecified atom stereocenters. The lowest BCUT2D eigenvalue weighted by Gasteiger charge is -2.06. The van der Waals surface area contributed by atoms with E-state index in [4.69, 9.17) is 0 Å². The number of hydrogen-bond donors (Lipinski definition) is 2. The van der Waals surface area contributed by atoms with Crippen LogP contribution in [0.1, 0.15) is 23.1 Å². The molecule has 2 amide bonds. The Kier molecular flexibility index (Phi) is 5.35. The molecular weight excluding hydrogens is 362 g/mol. The molecule has 0 aliphatic rings. The summed E-state index contributed by atoms with van der Waals surface area (Å²) in [4.78, 5) is 38.3. The fraction of sp³-hybridized carbons (Fsp3) is 0.211. The number of rotatable bonds is 6. The normalized spacial score (nSPS) is 10.6. The number of nitro benzene ring substituents is 1. The van der Waals surface area contributed by atoms with Gasteiger partial charge in [-0.2, -0.15) is 0 Å². The summed E-state index contributed by atoms with van der Waals surface area (Å²) < 4.78 is 1.93. The molecule has 0 bridgehead atoms. The highest BCUT2D eigenvalue weighted by Crippen LogP contribution is 2.21. The monoisotopic (exact) mass is 381 g/mol. The average Bonchev–Trinajstić information content (AvgIpc) is 2.97. The number of anilines is 1. The summed E-state index contributed by atoms with van der Waals surface area (Å²) in [6, 6.07) is 10.9. The van der Waals surface area contributed by atoms with Gasteiger partial charge in [0.05, 0.1) is 16.0 Å². The van der Waals surface area contributed by atoms with E-state index >= 15 is 0 Å². The molecule has 0 fully saturated rings. The van der Waals surface area contributed by atoms with Crippen LogP contribution in [0.25, 0.3) is 11.0 Å². The van der Waals surface area contributed by atoms with Crippen LogP contribution >= 0.6 is 0 Å². The van der Waals surface area contributed by atoms with Crippen molar-refractivity contribution in [1.82, 2.24) is 14.9 Å². The van der Waals surface area contributed by atoms with Crippen LogP contribution in [0.3, 0.4) is 0 Å². The summed E-state index contributed by atoms with van der Waals surface area (Å²) >= 11 is 0. The van der Waals surface area contributed by atoms with Gasteiger partial charge in [-0.25, -0.2) is 4.98 Å². The van der Waals surface area contributed by atoms with Crippen molar-refractivity contribution in [2.24, 2.45) is 7.05 Å². The van der Waals surface area contributed by atoms with Gasteiger partial charge in [-0.05, 0) is 24.3 Å². The van der Waals surface area contributed by atoms with Crippen LogP contribution in [0.2, 0.25) is 0 Å². The summed E-state index contributed by atoms with van der Waals surface area (Å²) in [6.45, 7) is 1.95. The molecule has 1 heterocycles. The Bertz CT molecular complexity index is 1070. The van der Waals surface area contributed by atoms with E-state index in [1.54, 1.807) is 12.1 Å². The third kappa shape index (κ3) is 4.14. The maximum Gasteiger partial charge on any atom is 0.270 e. The molecule has 9 nitrogen and oxygen atoms in total. The summed E-state index contributed by atoms with van der Waals surface area (Å²) in [5.74, 6) is 0.278. The number of nitrogens with one attached hydrogen (secondary N) is 2. The van der Waals surface area contributed by atoms with Crippen LogP contribution in [0.5, 0.6) is 0 Å². The number of carbonyl (C=O) groups is 2. The SMILES string of the molecule is CC(=O)NCCc1nc2cc(NC(=O)c3cccc([N+](=O)[O-])c3)ccc2n1C. The van der Waals surface area contributed by atoms with Crippen LogP contribution in [0.15, 0.2) is 42.5 Å². The second kappa shape index (κ2) is 7.87. The molecule has 0 aliphatic carbocycles. The van der Waals surface area contributed by atoms with Crippen molar-refractivity contribution >= 4 is 34.2 Å². The molecule has 0 spiro atoms. The molecule has 0 radical (unpaired) electrons. The lowest BCUT2D eigenvalue weighted by Crippen LogP contribution is -2.23. The summed E-state index contributed by atoms with van der Waals surface area (Å²) in [6.07, 6.45) is 0.583. The van der Waals surface area contributed by atoms with Gasteiger partial charge >= 0.3 is 0 Å². The Morgan fingerprint density at radius 3 is 2.71 bits per heavy atom. The first-order chi connectivity index (χ1) is 13.3. The molecule has 0 aliphatic heterocycles. The molecule has 3 rings (SSSR count). The number of fused-ring (bicyclic) bond motifs is 1. The van der Waals surface area contributed by atoms with Gasteiger partial charge in [-0.15, -0.1) is 0 Å². The fourth-order valence-corrected chi connectivity index (χ4v) is 2.87. The molecule has 3 aromatic rings. The minimum absolute atomic E-state index is 0.0927. The Labute approximate surface area is 160 Å². The number of benzene rings is 2. The highest BCUT2D eigenvalue weighted by molar-refractivity contribution is 6.05. The number of aromatic nitrogens is 2. The van der Waals surface area contributed by atoms with Gasteiger partial charge in [0.15, 0.2) is 0 Å². The Hall–Kier alpha value is -3.75. The Morgan fingerprint density at radius 1 is 1.21 bits per heavy atom. The standard InChI is InChI=1S/C19H19N5O4/c1-12(25)20-9-8-18-22-16-11-14(6-7-17(16)23(18)2)21-19(26)13-4-3-5-15(10-13)24(27)28/h3-7,10-11H,8-9H2,1-2H3,(H,20,25)(H,21,26). The summed E-state index contributed by atoms with van der Waals surface area (Å²) in [5.41, 5.74) is 2.20. The average molecular weight is 381 g/mol. The van der Waals surface area contributed by atoms with Crippen molar-refractivity contribution in [3.8, 4) is 0 Å². The van der Waals surface area contributed by atoms with Gasteiger partial charge in [0.25, 0.3) is 11.6 Å². The zero-order chi connectivity index (χ0) is 20.3. The van der Waals surface area contributed by atoms with E-state index in [0.29, 0.717) is 24.2 Å². The molecule has 2 N–H and O–H groups in total. The molecule has 0 atom stereocenters. The Morgan fingerprint density at radius 2 is 2.00 bits per heavy atom.